The summed E-state index contributed by atoms with van der Waals surface area (Å²) in [6.07, 6.45) is 0. The monoisotopic (exact) mass is 505 g/mol. The van der Waals surface area contributed by atoms with Crippen LogP contribution < -0.4 is 4.90 Å². The van der Waals surface area contributed by atoms with Crippen LogP contribution in [0, 0.1) is 0 Å². The second kappa shape index (κ2) is 9.12. The molecule has 0 N–H and O–H groups in total. The summed E-state index contributed by atoms with van der Waals surface area (Å²) in [5.74, 6) is 0. The molecule has 0 unspecified atom stereocenters. The van der Waals surface area contributed by atoms with Crippen molar-refractivity contribution >= 4 is 43.8 Å². The highest BCUT2D eigenvalue weighted by molar-refractivity contribution is 9.10. The maximum absolute atomic E-state index is 3.58. The number of benzene rings is 5. The molecule has 168 valence electrons. The Morgan fingerprint density at radius 3 is 1.71 bits per heavy atom. The molecule has 5 aromatic carbocycles. The Bertz CT molecular complexity index is 1400. The molecule has 5 rings (SSSR count). The van der Waals surface area contributed by atoms with E-state index < -0.39 is 0 Å². The maximum Gasteiger partial charge on any atom is 0.0540 e. The predicted molar refractivity (Wildman–Crippen MR) is 150 cm³/mol. The van der Waals surface area contributed by atoms with E-state index in [4.69, 9.17) is 0 Å². The second-order valence-electron chi connectivity index (χ2n) is 9.68. The van der Waals surface area contributed by atoms with E-state index in [1.165, 1.54) is 33.2 Å². The molecule has 0 heterocycles. The van der Waals surface area contributed by atoms with E-state index >= 15 is 0 Å². The van der Waals surface area contributed by atoms with Crippen LogP contribution >= 0.6 is 15.9 Å². The van der Waals surface area contributed by atoms with Crippen LogP contribution in [0.3, 0.4) is 0 Å². The number of nitrogens with zero attached hydrogens (tertiary/aromatic N) is 1. The molecule has 2 heteroatoms. The highest BCUT2D eigenvalue weighted by Gasteiger charge is 2.16. The number of fused-ring (bicyclic) bond motifs is 1. The molecular weight excluding hydrogens is 478 g/mol. The molecule has 34 heavy (non-hydrogen) atoms. The Morgan fingerprint density at radius 2 is 1.09 bits per heavy atom. The Labute approximate surface area is 210 Å². The van der Waals surface area contributed by atoms with E-state index in [0.29, 0.717) is 0 Å². The van der Waals surface area contributed by atoms with Crippen molar-refractivity contribution in [1.29, 1.82) is 0 Å². The van der Waals surface area contributed by atoms with Gasteiger partial charge in [-0.05, 0) is 70.0 Å². The predicted octanol–water partition coefficient (Wildman–Crippen LogP) is 10.0. The topological polar surface area (TPSA) is 3.24 Å². The van der Waals surface area contributed by atoms with Crippen molar-refractivity contribution in [3.05, 3.63) is 125 Å². The third kappa shape index (κ3) is 4.51. The quantitative estimate of drug-likeness (QED) is 0.234. The number of anilines is 3. The van der Waals surface area contributed by atoms with Gasteiger partial charge >= 0.3 is 0 Å². The maximum atomic E-state index is 3.58. The Morgan fingerprint density at radius 1 is 0.559 bits per heavy atom. The lowest BCUT2D eigenvalue weighted by molar-refractivity contribution is 0.590. The third-order valence-corrected chi connectivity index (χ3v) is 6.83. The smallest absolute Gasteiger partial charge is 0.0540 e. The molecule has 0 fully saturated rings. The van der Waals surface area contributed by atoms with E-state index in [-0.39, 0.29) is 5.41 Å². The van der Waals surface area contributed by atoms with Gasteiger partial charge < -0.3 is 4.90 Å². The van der Waals surface area contributed by atoms with Gasteiger partial charge in [0.2, 0.25) is 0 Å². The standard InChI is InChI=1S/C32H28BrN/c1-32(2,3)26-15-11-23(12-16-26)24-13-19-28(20-14-24)34(29-21-17-27(33)18-22-29)31-10-6-8-25-7-4-5-9-30(25)31/h4-22H,1-3H3. The number of halogens is 1. The molecule has 1 nitrogen and oxygen atoms in total. The SMILES string of the molecule is CC(C)(C)c1ccc(-c2ccc(N(c3ccc(Br)cc3)c3cccc4ccccc34)cc2)cc1. The molecule has 0 aliphatic carbocycles. The normalized spacial score (nSPS) is 11.5. The minimum atomic E-state index is 0.159. The Kier molecular flexibility index (Phi) is 6.02. The van der Waals surface area contributed by atoms with Crippen molar-refractivity contribution in [3.8, 4) is 11.1 Å². The van der Waals surface area contributed by atoms with Gasteiger partial charge in [-0.1, -0.05) is 109 Å². The highest BCUT2D eigenvalue weighted by atomic mass is 79.9. The third-order valence-electron chi connectivity index (χ3n) is 6.30. The fraction of sp³-hybridized carbons (Fsp3) is 0.125. The van der Waals surface area contributed by atoms with Crippen LogP contribution in [0.4, 0.5) is 17.1 Å². The van der Waals surface area contributed by atoms with Gasteiger partial charge in [-0.25, -0.2) is 0 Å². The van der Waals surface area contributed by atoms with Crippen LogP contribution in [-0.2, 0) is 5.41 Å². The average molecular weight is 506 g/mol. The van der Waals surface area contributed by atoms with E-state index in [1.54, 1.807) is 0 Å². The number of rotatable bonds is 4. The van der Waals surface area contributed by atoms with E-state index in [9.17, 15) is 0 Å². The molecule has 0 aliphatic rings. The lowest BCUT2D eigenvalue weighted by Gasteiger charge is -2.27. The molecule has 0 radical (unpaired) electrons. The van der Waals surface area contributed by atoms with Crippen LogP contribution in [-0.4, -0.2) is 0 Å². The summed E-state index contributed by atoms with van der Waals surface area (Å²) < 4.78 is 1.07. The van der Waals surface area contributed by atoms with E-state index in [1.807, 2.05) is 0 Å². The second-order valence-corrected chi connectivity index (χ2v) is 10.6. The minimum Gasteiger partial charge on any atom is -0.310 e. The summed E-state index contributed by atoms with van der Waals surface area (Å²) in [6.45, 7) is 6.75. The fourth-order valence-electron chi connectivity index (χ4n) is 4.39. The molecule has 5 aromatic rings. The first-order chi connectivity index (χ1) is 16.4. The van der Waals surface area contributed by atoms with Crippen LogP contribution in [0.2, 0.25) is 0 Å². The summed E-state index contributed by atoms with van der Waals surface area (Å²) in [4.78, 5) is 2.33. The van der Waals surface area contributed by atoms with Gasteiger partial charge in [0.05, 0.1) is 5.69 Å². The summed E-state index contributed by atoms with van der Waals surface area (Å²) in [5, 5.41) is 2.47. The van der Waals surface area contributed by atoms with Crippen molar-refractivity contribution in [1.82, 2.24) is 0 Å². The lowest BCUT2D eigenvalue weighted by atomic mass is 9.86. The molecule has 0 bridgehead atoms. The van der Waals surface area contributed by atoms with Crippen molar-refractivity contribution in [2.75, 3.05) is 4.90 Å². The van der Waals surface area contributed by atoms with Gasteiger partial charge in [0, 0.05) is 21.2 Å². The lowest BCUT2D eigenvalue weighted by Crippen LogP contribution is -2.10. The van der Waals surface area contributed by atoms with Crippen molar-refractivity contribution in [2.24, 2.45) is 0 Å². The minimum absolute atomic E-state index is 0.159. The first-order valence-corrected chi connectivity index (χ1v) is 12.4. The summed E-state index contributed by atoms with van der Waals surface area (Å²) in [6, 6.07) is 41.4. The Hall–Kier alpha value is -3.36. The van der Waals surface area contributed by atoms with Crippen LogP contribution in [0.5, 0.6) is 0 Å². The van der Waals surface area contributed by atoms with E-state index in [0.717, 1.165) is 15.8 Å². The fourth-order valence-corrected chi connectivity index (χ4v) is 4.65. The largest absolute Gasteiger partial charge is 0.310 e. The zero-order valence-corrected chi connectivity index (χ0v) is 21.4. The molecule has 0 atom stereocenters. The van der Waals surface area contributed by atoms with Crippen LogP contribution in [0.25, 0.3) is 21.9 Å². The molecular formula is C32H28BrN. The van der Waals surface area contributed by atoms with Gasteiger partial charge in [-0.3, -0.25) is 0 Å². The molecule has 0 saturated heterocycles. The molecule has 0 aromatic heterocycles. The van der Waals surface area contributed by atoms with Crippen LogP contribution in [0.1, 0.15) is 26.3 Å². The van der Waals surface area contributed by atoms with Crippen molar-refractivity contribution < 1.29 is 0 Å². The molecule has 0 aliphatic heterocycles. The average Bonchev–Trinajstić information content (AvgIpc) is 2.85. The first-order valence-electron chi connectivity index (χ1n) is 11.6. The highest BCUT2D eigenvalue weighted by Crippen LogP contribution is 2.39. The van der Waals surface area contributed by atoms with Gasteiger partial charge in [-0.2, -0.15) is 0 Å². The summed E-state index contributed by atoms with van der Waals surface area (Å²) in [5.41, 5.74) is 7.40. The number of hydrogen-bond donors (Lipinski definition) is 0. The Balaban J connectivity index is 1.58. The van der Waals surface area contributed by atoms with Gasteiger partial charge in [0.25, 0.3) is 0 Å². The van der Waals surface area contributed by atoms with Gasteiger partial charge in [0.15, 0.2) is 0 Å². The molecule has 0 saturated carbocycles. The van der Waals surface area contributed by atoms with Crippen molar-refractivity contribution in [3.63, 3.8) is 0 Å². The first kappa shape index (κ1) is 22.4. The van der Waals surface area contributed by atoms with Crippen LogP contribution in [0.15, 0.2) is 120 Å². The van der Waals surface area contributed by atoms with E-state index in [2.05, 4.69) is 157 Å². The zero-order chi connectivity index (χ0) is 23.7. The van der Waals surface area contributed by atoms with Gasteiger partial charge in [0.1, 0.15) is 0 Å². The number of hydrogen-bond acceptors (Lipinski definition) is 1. The zero-order valence-electron chi connectivity index (χ0n) is 19.8. The molecule has 0 amide bonds. The van der Waals surface area contributed by atoms with Crippen molar-refractivity contribution in [2.45, 2.75) is 26.2 Å². The summed E-state index contributed by atoms with van der Waals surface area (Å²) >= 11 is 3.58. The molecule has 0 spiro atoms. The van der Waals surface area contributed by atoms with Gasteiger partial charge in [-0.15, -0.1) is 0 Å². The summed E-state index contributed by atoms with van der Waals surface area (Å²) in [7, 11) is 0.